The molecular formula is C55H74N12O14. The van der Waals surface area contributed by atoms with Crippen LogP contribution in [-0.2, 0) is 24.0 Å². The summed E-state index contributed by atoms with van der Waals surface area (Å²) in [6.45, 7) is 1.06. The summed E-state index contributed by atoms with van der Waals surface area (Å²) in [5, 5.41) is 28.3. The highest BCUT2D eigenvalue weighted by molar-refractivity contribution is 6.07. The van der Waals surface area contributed by atoms with E-state index in [0.717, 1.165) is 0 Å². The van der Waals surface area contributed by atoms with Crippen molar-refractivity contribution in [2.75, 3.05) is 69.3 Å². The van der Waals surface area contributed by atoms with Crippen LogP contribution < -0.4 is 84.8 Å². The van der Waals surface area contributed by atoms with Gasteiger partial charge in [-0.3, -0.25) is 43.2 Å². The minimum absolute atomic E-state index is 0.0228. The van der Waals surface area contributed by atoms with E-state index in [1.54, 1.807) is 0 Å². The zero-order valence-electron chi connectivity index (χ0n) is 45.8. The van der Waals surface area contributed by atoms with Crippen LogP contribution in [0.3, 0.4) is 0 Å². The van der Waals surface area contributed by atoms with E-state index in [9.17, 15) is 48.3 Å². The van der Waals surface area contributed by atoms with Crippen LogP contribution in [0.25, 0.3) is 0 Å². The predicted octanol–water partition coefficient (Wildman–Crippen LogP) is 2.55. The Morgan fingerprint density at radius 1 is 0.432 bits per heavy atom. The van der Waals surface area contributed by atoms with Gasteiger partial charge < -0.3 is 89.9 Å². The number of unbranched alkanes of at least 4 members (excludes halogenated alkanes) is 3. The van der Waals surface area contributed by atoms with E-state index in [4.69, 9.17) is 47.6 Å². The Hall–Kier alpha value is -8.85. The molecule has 4 atom stereocenters. The first-order valence-corrected chi connectivity index (χ1v) is 26.1. The van der Waals surface area contributed by atoms with Crippen LogP contribution in [0.2, 0.25) is 0 Å². The molecule has 0 aromatic heterocycles. The summed E-state index contributed by atoms with van der Waals surface area (Å²) in [6, 6.07) is 12.2. The summed E-state index contributed by atoms with van der Waals surface area (Å²) in [7, 11) is 5.30. The van der Waals surface area contributed by atoms with Crippen LogP contribution in [-0.4, -0.2) is 131 Å². The minimum Gasteiger partial charge on any atom is -0.496 e. The van der Waals surface area contributed by atoms with Crippen molar-refractivity contribution in [3.8, 4) is 23.0 Å². The number of ether oxygens (including phenoxy) is 4. The Balaban J connectivity index is 1.55. The van der Waals surface area contributed by atoms with E-state index < -0.39 is 83.8 Å². The molecule has 0 saturated carbocycles. The molecule has 81 heavy (non-hydrogen) atoms. The third-order valence-electron chi connectivity index (χ3n) is 12.6. The van der Waals surface area contributed by atoms with Crippen LogP contribution in [0.15, 0.2) is 72.8 Å². The molecule has 0 radical (unpaired) electrons. The second kappa shape index (κ2) is 32.9. The Morgan fingerprint density at radius 2 is 0.728 bits per heavy atom. The number of carbonyl (C=O) groups is 9. The van der Waals surface area contributed by atoms with Crippen LogP contribution >= 0.6 is 0 Å². The van der Waals surface area contributed by atoms with E-state index in [1.165, 1.54) is 101 Å². The van der Waals surface area contributed by atoms with E-state index in [2.05, 4.69) is 37.2 Å². The number of carboxylic acids is 1. The number of anilines is 4. The number of carboxylic acid groups (broad SMARTS) is 1. The molecule has 26 heteroatoms. The zero-order valence-corrected chi connectivity index (χ0v) is 45.8. The standard InChI is InChI=1S/C55H74N12O14/c1-78-43-19-14-31(27-35(43)48(60)70)62-53(75)40(12-6-9-25-57)65-49(71)37-29-33(16-21-45(37)80-3)63-54(76)41(13-7-10-26-58)66-50(72)38-30-34(17-22-46(38)81-4)64-55(77)42(18-23-47(68)69)67-51(73)36-28-32(15-20-44(36)79-2)61-52(74)39(59)11-5-8-24-56/h14-17,19-22,27-30,39-42H,5-13,18,23-26,56-59H2,1-4H3,(H2,60,70)(H,61,74)(H,62,75)(H,63,76)(H,64,77)(H,65,71)(H,66,72)(H,67,73)(H,68,69)/t39-,40-,41-,42-/m0/s1. The Morgan fingerprint density at radius 3 is 1.04 bits per heavy atom. The predicted molar refractivity (Wildman–Crippen MR) is 302 cm³/mol. The van der Waals surface area contributed by atoms with Crippen molar-refractivity contribution in [1.29, 1.82) is 0 Å². The molecule has 18 N–H and O–H groups in total. The molecule has 0 saturated heterocycles. The number of carbonyl (C=O) groups excluding carboxylic acids is 8. The first-order chi connectivity index (χ1) is 38.8. The number of amides is 8. The van der Waals surface area contributed by atoms with Crippen molar-refractivity contribution in [1.82, 2.24) is 16.0 Å². The number of hydrogen-bond donors (Lipinski definition) is 13. The van der Waals surface area contributed by atoms with Gasteiger partial charge in [0.25, 0.3) is 23.6 Å². The van der Waals surface area contributed by atoms with Gasteiger partial charge in [-0.2, -0.15) is 0 Å². The fourth-order valence-electron chi connectivity index (χ4n) is 8.20. The van der Waals surface area contributed by atoms with Crippen LogP contribution in [0, 0.1) is 0 Å². The van der Waals surface area contributed by atoms with Crippen LogP contribution in [0.4, 0.5) is 22.7 Å². The summed E-state index contributed by atoms with van der Waals surface area (Å²) in [5.41, 5.74) is 28.9. The number of benzene rings is 4. The van der Waals surface area contributed by atoms with Gasteiger partial charge in [-0.15, -0.1) is 0 Å². The number of hydrogen-bond acceptors (Lipinski definition) is 17. The average Bonchev–Trinajstić information content (AvgIpc) is 3.45. The fourth-order valence-corrected chi connectivity index (χ4v) is 8.20. The molecule has 0 aliphatic rings. The lowest BCUT2D eigenvalue weighted by atomic mass is 10.1. The quantitative estimate of drug-likeness (QED) is 0.0299. The minimum atomic E-state index is -1.46. The van der Waals surface area contributed by atoms with E-state index >= 15 is 0 Å². The fraction of sp³-hybridized carbons (Fsp3) is 0.400. The molecule has 0 heterocycles. The second-order valence-corrected chi connectivity index (χ2v) is 18.5. The number of aliphatic carboxylic acids is 1. The summed E-state index contributed by atoms with van der Waals surface area (Å²) < 4.78 is 21.5. The molecule has 0 unspecified atom stereocenters. The highest BCUT2D eigenvalue weighted by atomic mass is 16.5. The van der Waals surface area contributed by atoms with E-state index in [-0.39, 0.29) is 93.8 Å². The lowest BCUT2D eigenvalue weighted by Crippen LogP contribution is -2.44. The van der Waals surface area contributed by atoms with E-state index in [1.807, 2.05) is 0 Å². The number of methoxy groups -OCH3 is 4. The van der Waals surface area contributed by atoms with Crippen molar-refractivity contribution >= 4 is 76.0 Å². The lowest BCUT2D eigenvalue weighted by molar-refractivity contribution is -0.137. The van der Waals surface area contributed by atoms with Crippen molar-refractivity contribution in [2.24, 2.45) is 28.7 Å². The van der Waals surface area contributed by atoms with Crippen molar-refractivity contribution in [3.63, 3.8) is 0 Å². The molecule has 0 bridgehead atoms. The topological polar surface area (TPSA) is 425 Å². The van der Waals surface area contributed by atoms with Gasteiger partial charge in [0.2, 0.25) is 23.6 Å². The highest BCUT2D eigenvalue weighted by Crippen LogP contribution is 2.28. The molecule has 438 valence electrons. The monoisotopic (exact) mass is 1130 g/mol. The third-order valence-corrected chi connectivity index (χ3v) is 12.6. The van der Waals surface area contributed by atoms with Gasteiger partial charge in [0, 0.05) is 29.2 Å². The zero-order chi connectivity index (χ0) is 59.6. The normalized spacial score (nSPS) is 12.2. The molecule has 0 spiro atoms. The van der Waals surface area contributed by atoms with Gasteiger partial charge in [-0.1, -0.05) is 6.42 Å². The SMILES string of the molecule is COc1ccc(NC(=O)[C@H](CCCCN)NC(=O)c2cc(NC(=O)[C@H](CCCCN)NC(=O)c3cc(NC(=O)[C@H](CCC(=O)O)NC(=O)c4cc(NC(=O)[C@@H](N)CCCCN)ccc4OC)ccc3OC)ccc2OC)cc1C(N)=O. The number of rotatable bonds is 34. The third kappa shape index (κ3) is 19.8. The van der Waals surface area contributed by atoms with Gasteiger partial charge in [0.05, 0.1) is 56.7 Å². The van der Waals surface area contributed by atoms with Crippen LogP contribution in [0.5, 0.6) is 23.0 Å². The molecule has 0 fully saturated rings. The second-order valence-electron chi connectivity index (χ2n) is 18.5. The van der Waals surface area contributed by atoms with E-state index in [0.29, 0.717) is 58.0 Å². The van der Waals surface area contributed by atoms with Gasteiger partial charge in [0.1, 0.15) is 41.1 Å². The maximum absolute atomic E-state index is 14.2. The summed E-state index contributed by atoms with van der Waals surface area (Å²) in [6.07, 6.45) is 2.93. The summed E-state index contributed by atoms with van der Waals surface area (Å²) in [4.78, 5) is 120. The Labute approximate surface area is 468 Å². The molecule has 26 nitrogen and oxygen atoms in total. The highest BCUT2D eigenvalue weighted by Gasteiger charge is 2.29. The Kier molecular flexibility index (Phi) is 26.3. The average molecular weight is 1130 g/mol. The van der Waals surface area contributed by atoms with Gasteiger partial charge in [-0.05, 0) is 150 Å². The van der Waals surface area contributed by atoms with Crippen LogP contribution in [0.1, 0.15) is 112 Å². The summed E-state index contributed by atoms with van der Waals surface area (Å²) >= 11 is 0. The molecule has 4 aromatic carbocycles. The number of nitrogens with one attached hydrogen (secondary N) is 7. The molecule has 0 aliphatic carbocycles. The largest absolute Gasteiger partial charge is 0.496 e. The smallest absolute Gasteiger partial charge is 0.303 e. The Bertz CT molecular complexity index is 2870. The molecule has 4 aromatic rings. The number of nitrogens with two attached hydrogens (primary N) is 5. The molecule has 4 rings (SSSR count). The molecule has 0 aliphatic heterocycles. The first-order valence-electron chi connectivity index (χ1n) is 26.1. The van der Waals surface area contributed by atoms with Crippen molar-refractivity contribution in [2.45, 2.75) is 94.8 Å². The maximum atomic E-state index is 14.2. The lowest BCUT2D eigenvalue weighted by Gasteiger charge is -2.21. The maximum Gasteiger partial charge on any atom is 0.303 e. The van der Waals surface area contributed by atoms with Crippen molar-refractivity contribution in [3.05, 3.63) is 95.1 Å². The molecule has 8 amide bonds. The molecular weight excluding hydrogens is 1050 g/mol. The first kappa shape index (κ1) is 64.7. The number of primary amides is 1. The van der Waals surface area contributed by atoms with Gasteiger partial charge in [0.15, 0.2) is 0 Å². The van der Waals surface area contributed by atoms with Crippen molar-refractivity contribution < 1.29 is 67.2 Å². The van der Waals surface area contributed by atoms with Gasteiger partial charge >= 0.3 is 5.97 Å². The summed E-state index contributed by atoms with van der Waals surface area (Å²) in [5.74, 6) is -6.71. The van der Waals surface area contributed by atoms with Gasteiger partial charge in [-0.25, -0.2) is 0 Å².